The van der Waals surface area contributed by atoms with Crippen molar-refractivity contribution in [2.45, 2.75) is 38.6 Å². The van der Waals surface area contributed by atoms with Crippen molar-refractivity contribution in [3.8, 4) is 11.3 Å². The number of pyridine rings is 1. The van der Waals surface area contributed by atoms with Gasteiger partial charge in [0.1, 0.15) is 5.82 Å². The van der Waals surface area contributed by atoms with Crippen molar-refractivity contribution >= 4 is 11.6 Å². The van der Waals surface area contributed by atoms with Crippen LogP contribution in [-0.2, 0) is 17.6 Å². The van der Waals surface area contributed by atoms with E-state index in [4.69, 9.17) is 0 Å². The highest BCUT2D eigenvalue weighted by Gasteiger charge is 2.40. The van der Waals surface area contributed by atoms with E-state index >= 15 is 0 Å². The summed E-state index contributed by atoms with van der Waals surface area (Å²) in [6, 6.07) is 17.1. The van der Waals surface area contributed by atoms with Crippen LogP contribution in [0, 0.1) is 11.7 Å². The van der Waals surface area contributed by atoms with Crippen LogP contribution in [0.25, 0.3) is 11.3 Å². The second-order valence-corrected chi connectivity index (χ2v) is 8.24. The lowest BCUT2D eigenvalue weighted by Crippen LogP contribution is -2.41. The van der Waals surface area contributed by atoms with Crippen LogP contribution in [0.3, 0.4) is 0 Å². The third-order valence-corrected chi connectivity index (χ3v) is 6.56. The van der Waals surface area contributed by atoms with Crippen molar-refractivity contribution in [2.24, 2.45) is 5.92 Å². The van der Waals surface area contributed by atoms with Crippen LogP contribution in [0.5, 0.6) is 0 Å². The minimum Gasteiger partial charge on any atom is -0.308 e. The number of nitrogens with zero attached hydrogens (tertiary/aromatic N) is 2. The summed E-state index contributed by atoms with van der Waals surface area (Å²) in [6.45, 7) is 4.13. The molecule has 0 N–H and O–H groups in total. The molecule has 2 heterocycles. The normalized spacial score (nSPS) is 22.4. The Morgan fingerprint density at radius 3 is 2.66 bits per heavy atom. The molecule has 0 saturated carbocycles. The smallest absolute Gasteiger partial charge is 0.231 e. The van der Waals surface area contributed by atoms with Crippen molar-refractivity contribution in [3.63, 3.8) is 0 Å². The molecule has 0 saturated heterocycles. The van der Waals surface area contributed by atoms with Gasteiger partial charge < -0.3 is 4.90 Å². The van der Waals surface area contributed by atoms with Crippen LogP contribution < -0.4 is 4.90 Å². The Bertz CT molecular complexity index is 1100. The van der Waals surface area contributed by atoms with Crippen molar-refractivity contribution in [3.05, 3.63) is 83.3 Å². The highest BCUT2D eigenvalue weighted by molar-refractivity contribution is 5.98. The van der Waals surface area contributed by atoms with E-state index in [0.717, 1.165) is 35.3 Å². The zero-order chi connectivity index (χ0) is 20.1. The Hall–Kier alpha value is -3.01. The van der Waals surface area contributed by atoms with E-state index in [9.17, 15) is 9.18 Å². The maximum absolute atomic E-state index is 13.7. The summed E-state index contributed by atoms with van der Waals surface area (Å²) in [5.74, 6) is -0.0449. The minimum absolute atomic E-state index is 0.0343. The second-order valence-electron chi connectivity index (χ2n) is 8.24. The summed E-state index contributed by atoms with van der Waals surface area (Å²) in [4.78, 5) is 19.8. The van der Waals surface area contributed by atoms with Crippen molar-refractivity contribution < 1.29 is 9.18 Å². The van der Waals surface area contributed by atoms with Gasteiger partial charge in [-0.05, 0) is 72.9 Å². The summed E-state index contributed by atoms with van der Waals surface area (Å²) in [5.41, 5.74) is 6.29. The first kappa shape index (κ1) is 18.0. The molecule has 0 fully saturated rings. The third kappa shape index (κ3) is 2.94. The molecule has 2 aromatic carbocycles. The van der Waals surface area contributed by atoms with Gasteiger partial charge in [-0.1, -0.05) is 25.1 Å². The molecule has 1 amide bonds. The van der Waals surface area contributed by atoms with Crippen LogP contribution in [0.1, 0.15) is 36.5 Å². The van der Waals surface area contributed by atoms with E-state index in [-0.39, 0.29) is 29.6 Å². The van der Waals surface area contributed by atoms with Gasteiger partial charge in [-0.25, -0.2) is 4.39 Å². The topological polar surface area (TPSA) is 33.2 Å². The summed E-state index contributed by atoms with van der Waals surface area (Å²) in [5, 5.41) is 0. The lowest BCUT2D eigenvalue weighted by molar-refractivity contribution is -0.122. The molecule has 5 rings (SSSR count). The summed E-state index contributed by atoms with van der Waals surface area (Å²) >= 11 is 0. The van der Waals surface area contributed by atoms with Crippen LogP contribution in [0.2, 0.25) is 0 Å². The van der Waals surface area contributed by atoms with Crippen LogP contribution in [-0.4, -0.2) is 16.9 Å². The number of fused-ring (bicyclic) bond motifs is 2. The Labute approximate surface area is 170 Å². The van der Waals surface area contributed by atoms with Gasteiger partial charge in [0.15, 0.2) is 0 Å². The molecule has 2 aliphatic rings. The molecule has 0 bridgehead atoms. The highest BCUT2D eigenvalue weighted by atomic mass is 19.1. The zero-order valence-electron chi connectivity index (χ0n) is 16.6. The largest absolute Gasteiger partial charge is 0.308 e. The molecule has 146 valence electrons. The molecule has 1 aliphatic heterocycles. The number of carbonyl (C=O) groups excluding carboxylic acids is 1. The molecule has 29 heavy (non-hydrogen) atoms. The van der Waals surface area contributed by atoms with Gasteiger partial charge >= 0.3 is 0 Å². The standard InChI is InChI=1S/C25H23FN2O/c1-15-16(2)28(24-9-8-21(26)14-22(15)24)25(29)20-11-17-6-7-18(12-19(17)13-20)23-5-3-4-10-27-23/h3-10,12,14-16,20H,11,13H2,1-2H3/t15-,16+,20-/m1/s1. The summed E-state index contributed by atoms with van der Waals surface area (Å²) in [7, 11) is 0. The molecule has 4 heteroatoms. The number of rotatable bonds is 2. The first-order valence-corrected chi connectivity index (χ1v) is 10.2. The van der Waals surface area contributed by atoms with Crippen molar-refractivity contribution in [1.82, 2.24) is 4.98 Å². The van der Waals surface area contributed by atoms with E-state index in [1.165, 1.54) is 17.2 Å². The zero-order valence-corrected chi connectivity index (χ0v) is 16.6. The first-order valence-electron chi connectivity index (χ1n) is 10.2. The maximum atomic E-state index is 13.7. The maximum Gasteiger partial charge on any atom is 0.231 e. The van der Waals surface area contributed by atoms with Crippen LogP contribution in [0.4, 0.5) is 10.1 Å². The quantitative estimate of drug-likeness (QED) is 0.611. The number of benzene rings is 2. The Morgan fingerprint density at radius 2 is 1.86 bits per heavy atom. The van der Waals surface area contributed by atoms with E-state index in [1.807, 2.05) is 23.1 Å². The molecule has 0 spiro atoms. The van der Waals surface area contributed by atoms with Crippen molar-refractivity contribution in [1.29, 1.82) is 0 Å². The van der Waals surface area contributed by atoms with Crippen LogP contribution in [0.15, 0.2) is 60.8 Å². The second kappa shape index (κ2) is 6.80. The highest BCUT2D eigenvalue weighted by Crippen LogP contribution is 2.43. The third-order valence-electron chi connectivity index (χ3n) is 6.56. The van der Waals surface area contributed by atoms with Gasteiger partial charge in [-0.3, -0.25) is 9.78 Å². The van der Waals surface area contributed by atoms with Crippen LogP contribution >= 0.6 is 0 Å². The number of carbonyl (C=O) groups is 1. The SMILES string of the molecule is C[C@H]1c2cc(F)ccc2N(C(=O)[C@@H]2Cc3ccc(-c4ccccn4)cc3C2)[C@H]1C. The van der Waals surface area contributed by atoms with Gasteiger partial charge in [0.05, 0.1) is 5.69 Å². The number of amides is 1. The van der Waals surface area contributed by atoms with Gasteiger partial charge in [-0.15, -0.1) is 0 Å². The first-order chi connectivity index (χ1) is 14.0. The van der Waals surface area contributed by atoms with E-state index in [2.05, 4.69) is 37.0 Å². The molecule has 0 radical (unpaired) electrons. The van der Waals surface area contributed by atoms with E-state index in [1.54, 1.807) is 18.3 Å². The minimum atomic E-state index is -0.243. The number of aromatic nitrogens is 1. The summed E-state index contributed by atoms with van der Waals surface area (Å²) < 4.78 is 13.7. The van der Waals surface area contributed by atoms with Gasteiger partial charge in [-0.2, -0.15) is 0 Å². The van der Waals surface area contributed by atoms with Gasteiger partial charge in [0.25, 0.3) is 0 Å². The summed E-state index contributed by atoms with van der Waals surface area (Å²) in [6.07, 6.45) is 3.29. The fourth-order valence-electron chi connectivity index (χ4n) is 4.81. The fourth-order valence-corrected chi connectivity index (χ4v) is 4.81. The van der Waals surface area contributed by atoms with Gasteiger partial charge in [0.2, 0.25) is 5.91 Å². The van der Waals surface area contributed by atoms with E-state index < -0.39 is 0 Å². The molecule has 3 aromatic rings. The molecule has 3 nitrogen and oxygen atoms in total. The predicted molar refractivity (Wildman–Crippen MR) is 112 cm³/mol. The lowest BCUT2D eigenvalue weighted by Gasteiger charge is -2.27. The molecular formula is C25H23FN2O. The monoisotopic (exact) mass is 386 g/mol. The Morgan fingerprint density at radius 1 is 1.03 bits per heavy atom. The number of hydrogen-bond acceptors (Lipinski definition) is 2. The average molecular weight is 386 g/mol. The Balaban J connectivity index is 1.42. The van der Waals surface area contributed by atoms with E-state index in [0.29, 0.717) is 0 Å². The molecule has 1 aliphatic carbocycles. The number of anilines is 1. The number of halogens is 1. The van der Waals surface area contributed by atoms with Gasteiger partial charge in [0, 0.05) is 35.3 Å². The lowest BCUT2D eigenvalue weighted by atomic mass is 9.98. The predicted octanol–water partition coefficient (Wildman–Crippen LogP) is 5.14. The molecular weight excluding hydrogens is 363 g/mol. The molecule has 1 aromatic heterocycles. The molecule has 3 atom stereocenters. The fraction of sp³-hybridized carbons (Fsp3) is 0.280. The Kier molecular flexibility index (Phi) is 4.23. The number of hydrogen-bond donors (Lipinski definition) is 0. The molecule has 0 unspecified atom stereocenters. The van der Waals surface area contributed by atoms with Crippen molar-refractivity contribution in [2.75, 3.05) is 4.90 Å². The average Bonchev–Trinajstić information content (AvgIpc) is 3.27.